The van der Waals surface area contributed by atoms with Crippen molar-refractivity contribution in [3.05, 3.63) is 53.9 Å². The molecule has 3 rings (SSSR count). The number of aryl methyl sites for hydroxylation is 2. The van der Waals surface area contributed by atoms with Crippen LogP contribution in [-0.4, -0.2) is 67.4 Å². The normalized spacial score (nSPS) is 15.6. The van der Waals surface area contributed by atoms with E-state index in [1.807, 2.05) is 39.0 Å². The van der Waals surface area contributed by atoms with E-state index in [0.29, 0.717) is 18.0 Å². The highest BCUT2D eigenvalue weighted by Crippen LogP contribution is 2.24. The number of hydrogen-bond donors (Lipinski definition) is 2. The number of aromatic nitrogens is 1. The molecule has 0 saturated carbocycles. The third-order valence-corrected chi connectivity index (χ3v) is 7.72. The molecule has 1 aliphatic heterocycles. The van der Waals surface area contributed by atoms with Crippen molar-refractivity contribution < 1.29 is 13.2 Å². The molecule has 2 N–H and O–H groups in total. The molecule has 0 atom stereocenters. The van der Waals surface area contributed by atoms with Crippen molar-refractivity contribution in [3.63, 3.8) is 0 Å². The second-order valence-corrected chi connectivity index (χ2v) is 10.0. The van der Waals surface area contributed by atoms with E-state index < -0.39 is 10.0 Å². The van der Waals surface area contributed by atoms with Crippen molar-refractivity contribution in [1.29, 1.82) is 0 Å². The summed E-state index contributed by atoms with van der Waals surface area (Å²) < 4.78 is 27.7. The molecule has 174 valence electrons. The van der Waals surface area contributed by atoms with Crippen LogP contribution < -0.4 is 10.6 Å². The minimum atomic E-state index is -3.49. The fourth-order valence-corrected chi connectivity index (χ4v) is 5.91. The van der Waals surface area contributed by atoms with E-state index in [0.717, 1.165) is 49.6 Å². The van der Waals surface area contributed by atoms with Gasteiger partial charge >= 0.3 is 6.03 Å². The summed E-state index contributed by atoms with van der Waals surface area (Å²) in [6, 6.07) is 12.1. The Kier molecular flexibility index (Phi) is 8.22. The van der Waals surface area contributed by atoms with Gasteiger partial charge in [-0.1, -0.05) is 25.1 Å². The molecule has 1 fully saturated rings. The summed E-state index contributed by atoms with van der Waals surface area (Å²) in [5.74, 6) is 0. The Morgan fingerprint density at radius 1 is 1.12 bits per heavy atom. The van der Waals surface area contributed by atoms with Gasteiger partial charge in [-0.05, 0) is 64.0 Å². The molecular formula is C23H33N5O3S. The van der Waals surface area contributed by atoms with Crippen molar-refractivity contribution >= 4 is 21.7 Å². The summed E-state index contributed by atoms with van der Waals surface area (Å²) in [5.41, 5.74) is 2.45. The molecule has 2 amide bonds. The van der Waals surface area contributed by atoms with Gasteiger partial charge in [-0.15, -0.1) is 0 Å². The first-order valence-corrected chi connectivity index (χ1v) is 12.5. The molecule has 9 heteroatoms. The zero-order valence-electron chi connectivity index (χ0n) is 19.0. The summed E-state index contributed by atoms with van der Waals surface area (Å²) in [4.78, 5) is 19.1. The number of carbonyl (C=O) groups excluding carboxylic acids is 1. The number of amides is 2. The number of nitrogens with one attached hydrogen (secondary N) is 2. The van der Waals surface area contributed by atoms with Crippen molar-refractivity contribution in [2.45, 2.75) is 44.6 Å². The molecule has 32 heavy (non-hydrogen) atoms. The number of likely N-dealkylation sites (tertiary alicyclic amines) is 1. The minimum Gasteiger partial charge on any atom is -0.337 e. The van der Waals surface area contributed by atoms with Gasteiger partial charge in [-0.2, -0.15) is 4.31 Å². The largest absolute Gasteiger partial charge is 0.337 e. The van der Waals surface area contributed by atoms with Gasteiger partial charge in [-0.25, -0.2) is 13.2 Å². The van der Waals surface area contributed by atoms with Gasteiger partial charge in [0.25, 0.3) is 0 Å². The van der Waals surface area contributed by atoms with Crippen LogP contribution in [-0.2, 0) is 10.0 Å². The number of nitrogens with zero attached hydrogens (tertiary/aromatic N) is 3. The average Bonchev–Trinajstić information content (AvgIpc) is 2.75. The molecule has 8 nitrogen and oxygen atoms in total. The predicted molar refractivity (Wildman–Crippen MR) is 126 cm³/mol. The van der Waals surface area contributed by atoms with E-state index in [2.05, 4.69) is 20.5 Å². The first-order chi connectivity index (χ1) is 15.3. The summed E-state index contributed by atoms with van der Waals surface area (Å²) in [6.07, 6.45) is 1.56. The number of sulfonamides is 1. The lowest BCUT2D eigenvalue weighted by molar-refractivity contribution is 0.162. The number of benzene rings is 1. The van der Waals surface area contributed by atoms with Crippen molar-refractivity contribution in [3.8, 4) is 0 Å². The lowest BCUT2D eigenvalue weighted by Gasteiger charge is -2.37. The van der Waals surface area contributed by atoms with Crippen LogP contribution >= 0.6 is 0 Å². The molecule has 0 bridgehead atoms. The van der Waals surface area contributed by atoms with Crippen molar-refractivity contribution in [2.75, 3.05) is 38.0 Å². The number of anilines is 1. The molecule has 0 aliphatic carbocycles. The number of carbonyl (C=O) groups is 1. The van der Waals surface area contributed by atoms with E-state index in [4.69, 9.17) is 0 Å². The molecule has 1 saturated heterocycles. The third kappa shape index (κ3) is 6.27. The first-order valence-electron chi connectivity index (χ1n) is 11.1. The summed E-state index contributed by atoms with van der Waals surface area (Å²) in [5, 5.41) is 5.73. The van der Waals surface area contributed by atoms with Crippen molar-refractivity contribution in [1.82, 2.24) is 19.5 Å². The molecule has 0 unspecified atom stereocenters. The van der Waals surface area contributed by atoms with Crippen LogP contribution in [0, 0.1) is 13.8 Å². The van der Waals surface area contributed by atoms with Crippen LogP contribution in [0.4, 0.5) is 10.5 Å². The Balaban J connectivity index is 1.45. The monoisotopic (exact) mass is 459 g/mol. The quantitative estimate of drug-likeness (QED) is 0.633. The van der Waals surface area contributed by atoms with Crippen LogP contribution in [0.5, 0.6) is 0 Å². The number of rotatable bonds is 8. The maximum Gasteiger partial charge on any atom is 0.319 e. The standard InChI is InChI=1S/C23H33N5O3S/c1-4-28(32(30,31)22-8-6-5-7-9-22)21-10-13-27(14-11-21)15-12-24-23(29)26-20-16-18(2)25-19(3)17-20/h5-9,16-17,21H,4,10-15H2,1-3H3,(H2,24,25,26,29). The maximum absolute atomic E-state index is 13.0. The average molecular weight is 460 g/mol. The van der Waals surface area contributed by atoms with Gasteiger partial charge in [-0.3, -0.25) is 4.98 Å². The molecule has 0 radical (unpaired) electrons. The zero-order valence-corrected chi connectivity index (χ0v) is 19.9. The maximum atomic E-state index is 13.0. The van der Waals surface area contributed by atoms with Crippen LogP contribution in [0.1, 0.15) is 31.2 Å². The zero-order chi connectivity index (χ0) is 23.1. The summed E-state index contributed by atoms with van der Waals surface area (Å²) >= 11 is 0. The molecular weight excluding hydrogens is 426 g/mol. The molecule has 1 aromatic heterocycles. The Morgan fingerprint density at radius 3 is 2.34 bits per heavy atom. The van der Waals surface area contributed by atoms with Gasteiger partial charge in [0.15, 0.2) is 0 Å². The number of urea groups is 1. The van der Waals surface area contributed by atoms with E-state index >= 15 is 0 Å². The molecule has 2 aromatic rings. The number of piperidine rings is 1. The minimum absolute atomic E-state index is 0.00381. The smallest absolute Gasteiger partial charge is 0.319 e. The van der Waals surface area contributed by atoms with Gasteiger partial charge in [0, 0.05) is 42.8 Å². The number of hydrogen-bond acceptors (Lipinski definition) is 5. The second kappa shape index (κ2) is 10.9. The van der Waals surface area contributed by atoms with Gasteiger partial charge < -0.3 is 15.5 Å². The number of pyridine rings is 1. The Bertz CT molecular complexity index is 985. The van der Waals surface area contributed by atoms with E-state index in [1.165, 1.54) is 0 Å². The van der Waals surface area contributed by atoms with Gasteiger partial charge in [0.05, 0.1) is 4.90 Å². The molecule has 2 heterocycles. The SMILES string of the molecule is CCN(C1CCN(CCNC(=O)Nc2cc(C)nc(C)c2)CC1)S(=O)(=O)c1ccccc1. The third-order valence-electron chi connectivity index (χ3n) is 5.68. The van der Waals surface area contributed by atoms with E-state index in [-0.39, 0.29) is 12.1 Å². The van der Waals surface area contributed by atoms with Crippen LogP contribution in [0.15, 0.2) is 47.4 Å². The van der Waals surface area contributed by atoms with Crippen LogP contribution in [0.3, 0.4) is 0 Å². The molecule has 1 aliphatic rings. The summed E-state index contributed by atoms with van der Waals surface area (Å²) in [6.45, 7) is 8.99. The summed E-state index contributed by atoms with van der Waals surface area (Å²) in [7, 11) is -3.49. The highest BCUT2D eigenvalue weighted by Gasteiger charge is 2.32. The molecule has 1 aromatic carbocycles. The lowest BCUT2D eigenvalue weighted by Crippen LogP contribution is -2.48. The van der Waals surface area contributed by atoms with Crippen molar-refractivity contribution in [2.24, 2.45) is 0 Å². The van der Waals surface area contributed by atoms with Gasteiger partial charge in [0.2, 0.25) is 10.0 Å². The Labute approximate surface area is 191 Å². The fraction of sp³-hybridized carbons (Fsp3) is 0.478. The van der Waals surface area contributed by atoms with Crippen LogP contribution in [0.2, 0.25) is 0 Å². The van der Waals surface area contributed by atoms with E-state index in [1.54, 1.807) is 28.6 Å². The topological polar surface area (TPSA) is 94.6 Å². The van der Waals surface area contributed by atoms with E-state index in [9.17, 15) is 13.2 Å². The molecule has 0 spiro atoms. The highest BCUT2D eigenvalue weighted by atomic mass is 32.2. The lowest BCUT2D eigenvalue weighted by atomic mass is 10.1. The first kappa shape index (κ1) is 24.2. The predicted octanol–water partition coefficient (Wildman–Crippen LogP) is 3.00. The van der Waals surface area contributed by atoms with Crippen LogP contribution in [0.25, 0.3) is 0 Å². The van der Waals surface area contributed by atoms with Gasteiger partial charge in [0.1, 0.15) is 0 Å². The Hall–Kier alpha value is -2.49. The highest BCUT2D eigenvalue weighted by molar-refractivity contribution is 7.89. The Morgan fingerprint density at radius 2 is 1.75 bits per heavy atom. The second-order valence-electron chi connectivity index (χ2n) is 8.11. The fourth-order valence-electron chi connectivity index (χ4n) is 4.19.